The van der Waals surface area contributed by atoms with Crippen molar-refractivity contribution in [1.29, 1.82) is 0 Å². The van der Waals surface area contributed by atoms with Gasteiger partial charge in [-0.1, -0.05) is 25.5 Å². The van der Waals surface area contributed by atoms with Crippen LogP contribution in [0.15, 0.2) is 36.4 Å². The molecule has 0 amide bonds. The first-order valence-electron chi connectivity index (χ1n) is 9.12. The molecule has 1 aliphatic carbocycles. The van der Waals surface area contributed by atoms with Crippen molar-refractivity contribution in [1.82, 2.24) is 0 Å². The molecule has 1 saturated carbocycles. The lowest BCUT2D eigenvalue weighted by atomic mass is 9.78. The summed E-state index contributed by atoms with van der Waals surface area (Å²) in [5, 5.41) is 0. The van der Waals surface area contributed by atoms with Crippen molar-refractivity contribution in [2.45, 2.75) is 51.1 Å². The van der Waals surface area contributed by atoms with Crippen LogP contribution < -0.4 is 4.74 Å². The molecule has 1 aliphatic rings. The Labute approximate surface area is 155 Å². The molecule has 3 rings (SSSR count). The van der Waals surface area contributed by atoms with Crippen molar-refractivity contribution in [2.24, 2.45) is 5.92 Å². The number of rotatable bonds is 5. The van der Waals surface area contributed by atoms with Gasteiger partial charge in [-0.05, 0) is 67.3 Å². The number of ether oxygens (including phenoxy) is 1. The maximum absolute atomic E-state index is 14.2. The fourth-order valence-corrected chi connectivity index (χ4v) is 3.64. The van der Waals surface area contributed by atoms with Crippen molar-refractivity contribution >= 4 is 0 Å². The molecule has 0 aromatic heterocycles. The molecule has 0 aliphatic heterocycles. The molecule has 146 valence electrons. The highest BCUT2D eigenvalue weighted by Crippen LogP contribution is 2.38. The molecular formula is C21H21F5O. The third kappa shape index (κ3) is 4.42. The van der Waals surface area contributed by atoms with Gasteiger partial charge in [0.25, 0.3) is 0 Å². The van der Waals surface area contributed by atoms with Gasteiger partial charge in [-0.15, -0.1) is 0 Å². The van der Waals surface area contributed by atoms with Gasteiger partial charge in [-0.3, -0.25) is 0 Å². The van der Waals surface area contributed by atoms with E-state index in [9.17, 15) is 22.0 Å². The van der Waals surface area contributed by atoms with Crippen LogP contribution in [0.25, 0.3) is 0 Å². The van der Waals surface area contributed by atoms with E-state index in [1.807, 2.05) is 0 Å². The van der Waals surface area contributed by atoms with E-state index in [2.05, 4.69) is 11.7 Å². The van der Waals surface area contributed by atoms with Crippen molar-refractivity contribution in [3.05, 3.63) is 65.0 Å². The van der Waals surface area contributed by atoms with Gasteiger partial charge in [0.1, 0.15) is 5.75 Å². The van der Waals surface area contributed by atoms with Crippen LogP contribution in [0.4, 0.5) is 22.0 Å². The first-order chi connectivity index (χ1) is 12.8. The Kier molecular flexibility index (Phi) is 5.72. The molecule has 6 heteroatoms. The Bertz CT molecular complexity index is 757. The van der Waals surface area contributed by atoms with Crippen LogP contribution in [0, 0.1) is 23.4 Å². The van der Waals surface area contributed by atoms with E-state index in [0.29, 0.717) is 5.92 Å². The van der Waals surface area contributed by atoms with Crippen molar-refractivity contribution in [2.75, 3.05) is 0 Å². The van der Waals surface area contributed by atoms with Gasteiger partial charge in [0.2, 0.25) is 0 Å². The van der Waals surface area contributed by atoms with Crippen LogP contribution in [-0.2, 0) is 6.11 Å². The monoisotopic (exact) mass is 384 g/mol. The Morgan fingerprint density at radius 3 is 2.00 bits per heavy atom. The van der Waals surface area contributed by atoms with Crippen LogP contribution >= 0.6 is 0 Å². The Balaban J connectivity index is 1.70. The molecule has 0 N–H and O–H groups in total. The van der Waals surface area contributed by atoms with E-state index in [-0.39, 0.29) is 17.9 Å². The number of halogens is 5. The average molecular weight is 384 g/mol. The minimum Gasteiger partial charge on any atom is -0.429 e. The molecule has 2 aromatic carbocycles. The third-order valence-electron chi connectivity index (χ3n) is 5.34. The van der Waals surface area contributed by atoms with Gasteiger partial charge in [0.05, 0.1) is 5.56 Å². The quantitative estimate of drug-likeness (QED) is 0.402. The fourth-order valence-electron chi connectivity index (χ4n) is 3.64. The Morgan fingerprint density at radius 1 is 0.926 bits per heavy atom. The van der Waals surface area contributed by atoms with Gasteiger partial charge in [-0.2, -0.15) is 8.78 Å². The summed E-state index contributed by atoms with van der Waals surface area (Å²) in [6, 6.07) is 6.80. The van der Waals surface area contributed by atoms with E-state index >= 15 is 0 Å². The Morgan fingerprint density at radius 2 is 1.48 bits per heavy atom. The number of benzene rings is 2. The molecule has 0 radical (unpaired) electrons. The summed E-state index contributed by atoms with van der Waals surface area (Å²) in [5.41, 5.74) is -0.0139. The third-order valence-corrected chi connectivity index (χ3v) is 5.34. The Hall–Kier alpha value is -2.11. The maximum atomic E-state index is 14.2. The number of hydrogen-bond donors (Lipinski definition) is 0. The lowest BCUT2D eigenvalue weighted by molar-refractivity contribution is -0.185. The van der Waals surface area contributed by atoms with Crippen molar-refractivity contribution in [3.8, 4) is 5.75 Å². The van der Waals surface area contributed by atoms with Crippen LogP contribution in [0.3, 0.4) is 0 Å². The standard InChI is InChI=1S/C21H21F5O/c1-2-13-3-5-14(6-4-13)15-7-9-17(10-8-15)27-21(25,26)16-11-18(22)20(24)19(23)12-16/h7-14H,2-6H2,1H3. The van der Waals surface area contributed by atoms with Gasteiger partial charge in [-0.25, -0.2) is 13.2 Å². The summed E-state index contributed by atoms with van der Waals surface area (Å²) in [6.07, 6.45) is 1.67. The largest absolute Gasteiger partial charge is 0.429 e. The van der Waals surface area contributed by atoms with Crippen LogP contribution in [-0.4, -0.2) is 0 Å². The highest BCUT2D eigenvalue weighted by Gasteiger charge is 2.36. The highest BCUT2D eigenvalue weighted by molar-refractivity contribution is 5.31. The smallest absolute Gasteiger partial charge is 0.426 e. The van der Waals surface area contributed by atoms with E-state index in [4.69, 9.17) is 0 Å². The second kappa shape index (κ2) is 7.87. The number of hydrogen-bond acceptors (Lipinski definition) is 1. The van der Waals surface area contributed by atoms with Crippen LogP contribution in [0.2, 0.25) is 0 Å². The summed E-state index contributed by atoms with van der Waals surface area (Å²) in [6.45, 7) is 2.19. The molecule has 0 spiro atoms. The predicted octanol–water partition coefficient (Wildman–Crippen LogP) is 6.92. The zero-order valence-corrected chi connectivity index (χ0v) is 15.0. The van der Waals surface area contributed by atoms with E-state index in [1.165, 1.54) is 31.4 Å². The van der Waals surface area contributed by atoms with Gasteiger partial charge in [0, 0.05) is 0 Å². The van der Waals surface area contributed by atoms with Crippen LogP contribution in [0.1, 0.15) is 56.1 Å². The van der Waals surface area contributed by atoms with Crippen molar-refractivity contribution < 1.29 is 26.7 Å². The van der Waals surface area contributed by atoms with Crippen molar-refractivity contribution in [3.63, 3.8) is 0 Å². The van der Waals surface area contributed by atoms with Gasteiger partial charge in [0.15, 0.2) is 17.5 Å². The molecule has 1 fully saturated rings. The predicted molar refractivity (Wildman–Crippen MR) is 92.3 cm³/mol. The molecule has 0 saturated heterocycles. The second-order valence-corrected chi connectivity index (χ2v) is 7.07. The zero-order chi connectivity index (χ0) is 19.6. The zero-order valence-electron chi connectivity index (χ0n) is 15.0. The van der Waals surface area contributed by atoms with E-state index in [1.54, 1.807) is 12.1 Å². The van der Waals surface area contributed by atoms with E-state index < -0.39 is 29.1 Å². The summed E-state index contributed by atoms with van der Waals surface area (Å²) in [5.74, 6) is -4.13. The summed E-state index contributed by atoms with van der Waals surface area (Å²) >= 11 is 0. The lowest BCUT2D eigenvalue weighted by Crippen LogP contribution is -2.22. The summed E-state index contributed by atoms with van der Waals surface area (Å²) in [7, 11) is 0. The highest BCUT2D eigenvalue weighted by atomic mass is 19.3. The molecular weight excluding hydrogens is 363 g/mol. The lowest BCUT2D eigenvalue weighted by Gasteiger charge is -2.28. The molecule has 0 heterocycles. The average Bonchev–Trinajstić information content (AvgIpc) is 2.66. The SMILES string of the molecule is CCC1CCC(c2ccc(OC(F)(F)c3cc(F)c(F)c(F)c3)cc2)CC1. The molecule has 2 aromatic rings. The van der Waals surface area contributed by atoms with Gasteiger partial charge < -0.3 is 4.74 Å². The summed E-state index contributed by atoms with van der Waals surface area (Å²) < 4.78 is 72.4. The molecule has 1 nitrogen and oxygen atoms in total. The first-order valence-corrected chi connectivity index (χ1v) is 9.12. The molecule has 0 unspecified atom stereocenters. The topological polar surface area (TPSA) is 9.23 Å². The fraction of sp³-hybridized carbons (Fsp3) is 0.429. The summed E-state index contributed by atoms with van der Waals surface area (Å²) in [4.78, 5) is 0. The second-order valence-electron chi connectivity index (χ2n) is 7.07. The molecule has 27 heavy (non-hydrogen) atoms. The van der Waals surface area contributed by atoms with E-state index in [0.717, 1.165) is 24.3 Å². The van der Waals surface area contributed by atoms with Gasteiger partial charge >= 0.3 is 6.11 Å². The minimum atomic E-state index is -3.99. The first kappa shape index (κ1) is 19.6. The maximum Gasteiger partial charge on any atom is 0.426 e. The normalized spacial score (nSPS) is 20.5. The van der Waals surface area contributed by atoms with Crippen LogP contribution in [0.5, 0.6) is 5.75 Å². The molecule has 0 bridgehead atoms. The number of alkyl halides is 2. The minimum absolute atomic E-state index is 0.129. The molecule has 0 atom stereocenters.